The van der Waals surface area contributed by atoms with Crippen molar-refractivity contribution >= 4 is 35.1 Å². The van der Waals surface area contributed by atoms with Gasteiger partial charge in [-0.05, 0) is 44.0 Å². The largest absolute Gasteiger partial charge is 0.488 e. The number of amides is 1. The summed E-state index contributed by atoms with van der Waals surface area (Å²) in [6.45, 7) is 3.43. The standard InChI is InChI=1S/C22H23Cl2NO4/c1-2-28-22(27)15-9-11-25(12-10-15)21(26)18-5-3-4-6-20(18)29-14-16-7-8-17(23)13-19(16)24/h3-8,13,15H,2,9-12,14H2,1H3. The zero-order valence-corrected chi connectivity index (χ0v) is 17.7. The minimum atomic E-state index is -0.178. The van der Waals surface area contributed by atoms with Crippen molar-refractivity contribution in [3.8, 4) is 5.75 Å². The lowest BCUT2D eigenvalue weighted by Crippen LogP contribution is -2.40. The smallest absolute Gasteiger partial charge is 0.309 e. The van der Waals surface area contributed by atoms with Crippen molar-refractivity contribution in [3.63, 3.8) is 0 Å². The molecule has 3 rings (SSSR count). The van der Waals surface area contributed by atoms with Crippen molar-refractivity contribution in [3.05, 3.63) is 63.6 Å². The van der Waals surface area contributed by atoms with Gasteiger partial charge in [0.1, 0.15) is 12.4 Å². The van der Waals surface area contributed by atoms with E-state index in [9.17, 15) is 9.59 Å². The highest BCUT2D eigenvalue weighted by atomic mass is 35.5. The first kappa shape index (κ1) is 21.5. The van der Waals surface area contributed by atoms with E-state index in [1.54, 1.807) is 48.2 Å². The average Bonchev–Trinajstić information content (AvgIpc) is 2.73. The Morgan fingerprint density at radius 3 is 2.52 bits per heavy atom. The van der Waals surface area contributed by atoms with Gasteiger partial charge in [-0.3, -0.25) is 9.59 Å². The molecule has 2 aromatic carbocycles. The van der Waals surface area contributed by atoms with Crippen LogP contribution in [-0.2, 0) is 16.1 Å². The maximum absolute atomic E-state index is 13.0. The van der Waals surface area contributed by atoms with Crippen LogP contribution in [0.3, 0.4) is 0 Å². The number of hydrogen-bond donors (Lipinski definition) is 0. The van der Waals surface area contributed by atoms with E-state index in [2.05, 4.69) is 0 Å². The lowest BCUT2D eigenvalue weighted by molar-refractivity contribution is -0.149. The molecular formula is C22H23Cl2NO4. The molecular weight excluding hydrogens is 413 g/mol. The molecule has 0 aliphatic carbocycles. The number of hydrogen-bond acceptors (Lipinski definition) is 4. The molecule has 1 aliphatic heterocycles. The van der Waals surface area contributed by atoms with Gasteiger partial charge in [-0.2, -0.15) is 0 Å². The maximum Gasteiger partial charge on any atom is 0.309 e. The number of esters is 1. The monoisotopic (exact) mass is 435 g/mol. The summed E-state index contributed by atoms with van der Waals surface area (Å²) in [5.74, 6) is 0.0712. The van der Waals surface area contributed by atoms with Crippen LogP contribution < -0.4 is 4.74 Å². The third-order valence-electron chi connectivity index (χ3n) is 4.92. The summed E-state index contributed by atoms with van der Waals surface area (Å²) < 4.78 is 11.0. The highest BCUT2D eigenvalue weighted by Crippen LogP contribution is 2.27. The Kier molecular flexibility index (Phi) is 7.40. The van der Waals surface area contributed by atoms with Crippen LogP contribution in [0, 0.1) is 5.92 Å². The summed E-state index contributed by atoms with van der Waals surface area (Å²) in [5.41, 5.74) is 1.28. The first-order chi connectivity index (χ1) is 14.0. The Balaban J connectivity index is 1.65. The number of halogens is 2. The molecule has 0 unspecified atom stereocenters. The van der Waals surface area contributed by atoms with Gasteiger partial charge in [0.2, 0.25) is 0 Å². The Bertz CT molecular complexity index is 879. The number of carbonyl (C=O) groups is 2. The van der Waals surface area contributed by atoms with E-state index in [1.807, 2.05) is 6.07 Å². The van der Waals surface area contributed by atoms with E-state index in [4.69, 9.17) is 32.7 Å². The maximum atomic E-state index is 13.0. The van der Waals surface area contributed by atoms with Crippen LogP contribution in [0.5, 0.6) is 5.75 Å². The molecule has 0 N–H and O–H groups in total. The third kappa shape index (κ3) is 5.43. The van der Waals surface area contributed by atoms with Gasteiger partial charge < -0.3 is 14.4 Å². The highest BCUT2D eigenvalue weighted by molar-refractivity contribution is 6.35. The minimum absolute atomic E-state index is 0.106. The molecule has 0 spiro atoms. The molecule has 1 aliphatic rings. The molecule has 1 heterocycles. The molecule has 1 amide bonds. The summed E-state index contributed by atoms with van der Waals surface area (Å²) in [4.78, 5) is 26.7. The van der Waals surface area contributed by atoms with E-state index in [0.29, 0.717) is 53.9 Å². The lowest BCUT2D eigenvalue weighted by atomic mass is 9.96. The van der Waals surface area contributed by atoms with Crippen LogP contribution in [0.1, 0.15) is 35.7 Å². The second-order valence-electron chi connectivity index (χ2n) is 6.84. The molecule has 0 saturated carbocycles. The van der Waals surface area contributed by atoms with E-state index < -0.39 is 0 Å². The molecule has 2 aromatic rings. The topological polar surface area (TPSA) is 55.8 Å². The van der Waals surface area contributed by atoms with Gasteiger partial charge in [0.25, 0.3) is 5.91 Å². The normalized spacial score (nSPS) is 14.5. The fourth-order valence-electron chi connectivity index (χ4n) is 3.31. The second-order valence-corrected chi connectivity index (χ2v) is 7.68. The number of ether oxygens (including phenoxy) is 2. The molecule has 1 saturated heterocycles. The molecule has 154 valence electrons. The van der Waals surface area contributed by atoms with Crippen molar-refractivity contribution in [1.29, 1.82) is 0 Å². The summed E-state index contributed by atoms with van der Waals surface area (Å²) in [6.07, 6.45) is 1.21. The van der Waals surface area contributed by atoms with Crippen LogP contribution in [0.2, 0.25) is 10.0 Å². The number of rotatable bonds is 6. The fraction of sp³-hybridized carbons (Fsp3) is 0.364. The van der Waals surface area contributed by atoms with E-state index in [0.717, 1.165) is 5.56 Å². The van der Waals surface area contributed by atoms with E-state index >= 15 is 0 Å². The summed E-state index contributed by atoms with van der Waals surface area (Å²) in [6, 6.07) is 12.4. The number of carbonyl (C=O) groups excluding carboxylic acids is 2. The van der Waals surface area contributed by atoms with Crippen LogP contribution in [0.15, 0.2) is 42.5 Å². The number of benzene rings is 2. The number of piperidine rings is 1. The van der Waals surface area contributed by atoms with Gasteiger partial charge in [-0.25, -0.2) is 0 Å². The summed E-state index contributed by atoms with van der Waals surface area (Å²) in [7, 11) is 0. The Morgan fingerprint density at radius 1 is 1.10 bits per heavy atom. The third-order valence-corrected chi connectivity index (χ3v) is 5.50. The number of likely N-dealkylation sites (tertiary alicyclic amines) is 1. The van der Waals surface area contributed by atoms with Crippen LogP contribution in [0.4, 0.5) is 0 Å². The van der Waals surface area contributed by atoms with Gasteiger partial charge >= 0.3 is 5.97 Å². The van der Waals surface area contributed by atoms with Crippen molar-refractivity contribution in [2.45, 2.75) is 26.4 Å². The zero-order valence-electron chi connectivity index (χ0n) is 16.2. The van der Waals surface area contributed by atoms with Crippen LogP contribution >= 0.6 is 23.2 Å². The number of para-hydroxylation sites is 1. The molecule has 0 atom stereocenters. The average molecular weight is 436 g/mol. The minimum Gasteiger partial charge on any atom is -0.488 e. The molecule has 5 nitrogen and oxygen atoms in total. The Hall–Kier alpha value is -2.24. The molecule has 0 aromatic heterocycles. The predicted molar refractivity (Wildman–Crippen MR) is 112 cm³/mol. The Morgan fingerprint density at radius 2 is 1.83 bits per heavy atom. The first-order valence-electron chi connectivity index (χ1n) is 9.61. The van der Waals surface area contributed by atoms with Gasteiger partial charge in [0, 0.05) is 28.7 Å². The van der Waals surface area contributed by atoms with Gasteiger partial charge in [-0.15, -0.1) is 0 Å². The molecule has 29 heavy (non-hydrogen) atoms. The van der Waals surface area contributed by atoms with Crippen LogP contribution in [0.25, 0.3) is 0 Å². The van der Waals surface area contributed by atoms with Crippen molar-refractivity contribution in [2.24, 2.45) is 5.92 Å². The van der Waals surface area contributed by atoms with Gasteiger partial charge in [-0.1, -0.05) is 41.4 Å². The quantitative estimate of drug-likeness (QED) is 0.599. The predicted octanol–water partition coefficient (Wildman–Crippen LogP) is 4.99. The van der Waals surface area contributed by atoms with Gasteiger partial charge in [0.15, 0.2) is 0 Å². The zero-order chi connectivity index (χ0) is 20.8. The van der Waals surface area contributed by atoms with E-state index in [1.165, 1.54) is 0 Å². The summed E-state index contributed by atoms with van der Waals surface area (Å²) >= 11 is 12.1. The van der Waals surface area contributed by atoms with Crippen molar-refractivity contribution in [2.75, 3.05) is 19.7 Å². The van der Waals surface area contributed by atoms with E-state index in [-0.39, 0.29) is 24.4 Å². The summed E-state index contributed by atoms with van der Waals surface area (Å²) in [5, 5.41) is 1.07. The molecule has 0 bridgehead atoms. The fourth-order valence-corrected chi connectivity index (χ4v) is 3.78. The highest BCUT2D eigenvalue weighted by Gasteiger charge is 2.29. The van der Waals surface area contributed by atoms with Crippen LogP contribution in [-0.4, -0.2) is 36.5 Å². The lowest BCUT2D eigenvalue weighted by Gasteiger charge is -2.31. The first-order valence-corrected chi connectivity index (χ1v) is 10.4. The molecule has 1 fully saturated rings. The van der Waals surface area contributed by atoms with Crippen molar-refractivity contribution < 1.29 is 19.1 Å². The SMILES string of the molecule is CCOC(=O)C1CCN(C(=O)c2ccccc2OCc2ccc(Cl)cc2Cl)CC1. The van der Waals surface area contributed by atoms with Crippen molar-refractivity contribution in [1.82, 2.24) is 4.90 Å². The van der Waals surface area contributed by atoms with Gasteiger partial charge in [0.05, 0.1) is 18.1 Å². The molecule has 0 radical (unpaired) electrons. The molecule has 7 heteroatoms. The Labute approximate surface area is 180 Å². The second kappa shape index (κ2) is 9.99. The number of nitrogens with zero attached hydrogens (tertiary/aromatic N) is 1.